The fraction of sp³-hybridized carbons (Fsp3) is 0.227. The van der Waals surface area contributed by atoms with E-state index in [1.807, 2.05) is 0 Å². The molecular weight excluding hydrogens is 470 g/mol. The van der Waals surface area contributed by atoms with Crippen molar-refractivity contribution in [2.24, 2.45) is 0 Å². The van der Waals surface area contributed by atoms with E-state index in [1.165, 1.54) is 27.6 Å². The van der Waals surface area contributed by atoms with Crippen LogP contribution in [0, 0.1) is 13.0 Å². The van der Waals surface area contributed by atoms with Crippen molar-refractivity contribution < 1.29 is 20.1 Å². The van der Waals surface area contributed by atoms with E-state index in [4.69, 9.17) is 4.98 Å². The summed E-state index contributed by atoms with van der Waals surface area (Å²) < 4.78 is 0. The molecule has 0 aliphatic heterocycles. The van der Waals surface area contributed by atoms with Crippen LogP contribution < -0.4 is 0 Å². The minimum atomic E-state index is 0. The second-order valence-electron chi connectivity index (χ2n) is 7.36. The summed E-state index contributed by atoms with van der Waals surface area (Å²) in [5.41, 5.74) is 8.44. The van der Waals surface area contributed by atoms with E-state index >= 15 is 0 Å². The SMILES string of the molecule is Cc1ccc2nc(-c3[c-]cc(C(C)(C)C)cc3)cc3c2c1C=C3.[Ir]. The minimum Gasteiger partial charge on any atom is -0.296 e. The van der Waals surface area contributed by atoms with Crippen molar-refractivity contribution in [3.05, 3.63) is 64.7 Å². The quantitative estimate of drug-likeness (QED) is 0.308. The first-order valence-electron chi connectivity index (χ1n) is 8.08. The predicted molar refractivity (Wildman–Crippen MR) is 98.4 cm³/mol. The molecule has 0 amide bonds. The molecule has 2 heteroatoms. The maximum absolute atomic E-state index is 4.87. The number of rotatable bonds is 1. The Bertz CT molecular complexity index is 944. The Hall–Kier alpha value is -1.76. The number of pyridine rings is 1. The summed E-state index contributed by atoms with van der Waals surface area (Å²) in [5.74, 6) is 0. The average molecular weight is 491 g/mol. The van der Waals surface area contributed by atoms with E-state index in [1.54, 1.807) is 0 Å². The molecule has 4 rings (SSSR count). The zero-order chi connectivity index (χ0) is 16.2. The van der Waals surface area contributed by atoms with Crippen LogP contribution in [0.1, 0.15) is 43.0 Å². The molecule has 1 nitrogen and oxygen atoms in total. The molecule has 0 fully saturated rings. The second kappa shape index (κ2) is 5.95. The monoisotopic (exact) mass is 491 g/mol. The third-order valence-electron chi connectivity index (χ3n) is 4.65. The van der Waals surface area contributed by atoms with Gasteiger partial charge in [0.1, 0.15) is 0 Å². The molecule has 0 unspecified atom stereocenters. The maximum atomic E-state index is 4.87. The number of hydrogen-bond acceptors (Lipinski definition) is 1. The summed E-state index contributed by atoms with van der Waals surface area (Å²) in [7, 11) is 0. The van der Waals surface area contributed by atoms with Gasteiger partial charge in [-0.1, -0.05) is 45.1 Å². The van der Waals surface area contributed by atoms with Gasteiger partial charge in [0.15, 0.2) is 0 Å². The Labute approximate surface area is 157 Å². The molecule has 0 atom stereocenters. The number of aryl methyl sites for hydroxylation is 1. The van der Waals surface area contributed by atoms with Crippen molar-refractivity contribution in [1.29, 1.82) is 0 Å². The Balaban J connectivity index is 0.00000169. The third kappa shape index (κ3) is 2.75. The first-order valence-corrected chi connectivity index (χ1v) is 8.08. The number of nitrogens with zero attached hydrogens (tertiary/aromatic N) is 1. The fourth-order valence-corrected chi connectivity index (χ4v) is 3.20. The van der Waals surface area contributed by atoms with E-state index in [0.717, 1.165) is 16.8 Å². The van der Waals surface area contributed by atoms with Crippen LogP contribution in [0.4, 0.5) is 0 Å². The topological polar surface area (TPSA) is 12.9 Å². The van der Waals surface area contributed by atoms with Crippen molar-refractivity contribution in [3.63, 3.8) is 0 Å². The molecule has 0 saturated heterocycles. The molecule has 0 N–H and O–H groups in total. The Morgan fingerprint density at radius 2 is 1.79 bits per heavy atom. The van der Waals surface area contributed by atoms with Gasteiger partial charge in [0.2, 0.25) is 0 Å². The zero-order valence-electron chi connectivity index (χ0n) is 14.4. The van der Waals surface area contributed by atoms with Gasteiger partial charge in [-0.05, 0) is 40.8 Å². The molecule has 1 aliphatic carbocycles. The molecule has 123 valence electrons. The smallest absolute Gasteiger partial charge is 0.0607 e. The van der Waals surface area contributed by atoms with Crippen LogP contribution in [-0.4, -0.2) is 4.98 Å². The molecule has 2 aromatic carbocycles. The first kappa shape index (κ1) is 17.1. The standard InChI is InChI=1S/C22H20N.Ir/c1-14-5-12-19-21-16(8-11-18(14)21)13-20(23-19)15-6-9-17(10-7-15)22(2,3)4;/h5-6,8-13H,1-4H3;/q-1;. The van der Waals surface area contributed by atoms with Crippen molar-refractivity contribution in [2.45, 2.75) is 33.1 Å². The van der Waals surface area contributed by atoms with Gasteiger partial charge in [-0.2, -0.15) is 0 Å². The predicted octanol–water partition coefficient (Wildman–Crippen LogP) is 5.79. The van der Waals surface area contributed by atoms with Crippen molar-refractivity contribution in [1.82, 2.24) is 4.98 Å². The molecule has 1 aliphatic rings. The molecule has 1 radical (unpaired) electrons. The van der Waals surface area contributed by atoms with E-state index in [-0.39, 0.29) is 25.5 Å². The van der Waals surface area contributed by atoms with Gasteiger partial charge in [-0.25, -0.2) is 0 Å². The number of benzene rings is 2. The van der Waals surface area contributed by atoms with Gasteiger partial charge < -0.3 is 0 Å². The average Bonchev–Trinajstić information content (AvgIpc) is 2.95. The Morgan fingerprint density at radius 1 is 1.00 bits per heavy atom. The summed E-state index contributed by atoms with van der Waals surface area (Å²) in [5, 5.41) is 1.28. The molecule has 0 saturated carbocycles. The molecule has 24 heavy (non-hydrogen) atoms. The Morgan fingerprint density at radius 3 is 2.46 bits per heavy atom. The molecule has 3 aromatic rings. The zero-order valence-corrected chi connectivity index (χ0v) is 16.8. The van der Waals surface area contributed by atoms with Crippen molar-refractivity contribution in [3.8, 4) is 11.3 Å². The largest absolute Gasteiger partial charge is 0.296 e. The molecule has 0 bridgehead atoms. The number of aromatic nitrogens is 1. The van der Waals surface area contributed by atoms with Gasteiger partial charge in [-0.15, -0.1) is 35.4 Å². The van der Waals surface area contributed by atoms with E-state index in [0.29, 0.717) is 0 Å². The van der Waals surface area contributed by atoms with Crippen molar-refractivity contribution in [2.75, 3.05) is 0 Å². The van der Waals surface area contributed by atoms with Crippen LogP contribution in [0.25, 0.3) is 34.3 Å². The summed E-state index contributed by atoms with van der Waals surface area (Å²) in [6, 6.07) is 16.3. The van der Waals surface area contributed by atoms with E-state index < -0.39 is 0 Å². The number of hydrogen-bond donors (Lipinski definition) is 0. The third-order valence-corrected chi connectivity index (χ3v) is 4.65. The van der Waals surface area contributed by atoms with E-state index in [2.05, 4.69) is 82.3 Å². The van der Waals surface area contributed by atoms with Crippen LogP contribution >= 0.6 is 0 Å². The maximum Gasteiger partial charge on any atom is 0.0607 e. The molecule has 1 heterocycles. The van der Waals surface area contributed by atoms with Crippen LogP contribution in [0.2, 0.25) is 0 Å². The van der Waals surface area contributed by atoms with Gasteiger partial charge in [0, 0.05) is 25.5 Å². The van der Waals surface area contributed by atoms with Crippen molar-refractivity contribution >= 4 is 23.1 Å². The molecule has 1 aromatic heterocycles. The normalized spacial score (nSPS) is 12.5. The van der Waals surface area contributed by atoms with E-state index in [9.17, 15) is 0 Å². The van der Waals surface area contributed by atoms with Gasteiger partial charge in [0.05, 0.1) is 5.52 Å². The van der Waals surface area contributed by atoms with Gasteiger partial charge >= 0.3 is 0 Å². The van der Waals surface area contributed by atoms with Crippen LogP contribution in [-0.2, 0) is 25.5 Å². The second-order valence-corrected chi connectivity index (χ2v) is 7.36. The molecule has 0 spiro atoms. The van der Waals surface area contributed by atoms with Crippen LogP contribution in [0.15, 0.2) is 36.4 Å². The first-order chi connectivity index (χ1) is 10.9. The van der Waals surface area contributed by atoms with Gasteiger partial charge in [-0.3, -0.25) is 4.98 Å². The fourth-order valence-electron chi connectivity index (χ4n) is 3.20. The summed E-state index contributed by atoms with van der Waals surface area (Å²) in [6.07, 6.45) is 4.39. The summed E-state index contributed by atoms with van der Waals surface area (Å²) in [6.45, 7) is 8.82. The molecular formula is C22H20IrN-. The van der Waals surface area contributed by atoms with Gasteiger partial charge in [0.25, 0.3) is 0 Å². The summed E-state index contributed by atoms with van der Waals surface area (Å²) >= 11 is 0. The minimum absolute atomic E-state index is 0. The Kier molecular flexibility index (Phi) is 4.23. The summed E-state index contributed by atoms with van der Waals surface area (Å²) in [4.78, 5) is 4.87. The van der Waals surface area contributed by atoms with Crippen LogP contribution in [0.5, 0.6) is 0 Å². The van der Waals surface area contributed by atoms with Crippen LogP contribution in [0.3, 0.4) is 0 Å².